The Bertz CT molecular complexity index is 1350. The number of halogens is 1. The number of rotatable bonds is 8. The van der Waals surface area contributed by atoms with Crippen LogP contribution in [0.5, 0.6) is 0 Å². The summed E-state index contributed by atoms with van der Waals surface area (Å²) in [7, 11) is 0. The molecule has 0 aliphatic carbocycles. The predicted molar refractivity (Wildman–Crippen MR) is 163 cm³/mol. The Morgan fingerprint density at radius 1 is 1.18 bits per heavy atom. The van der Waals surface area contributed by atoms with Crippen LogP contribution in [0.3, 0.4) is 0 Å². The van der Waals surface area contributed by atoms with Gasteiger partial charge in [0, 0.05) is 59.2 Å². The van der Waals surface area contributed by atoms with Crippen molar-refractivity contribution >= 4 is 33.2 Å². The highest BCUT2D eigenvalue weighted by atomic mass is 79.9. The number of hydrogen-bond acceptors (Lipinski definition) is 6. The summed E-state index contributed by atoms with van der Waals surface area (Å²) in [6, 6.07) is 19.9. The number of fused-ring (bicyclic) bond motifs is 1. The summed E-state index contributed by atoms with van der Waals surface area (Å²) in [5.74, 6) is -0.195. The van der Waals surface area contributed by atoms with Crippen LogP contribution in [0.1, 0.15) is 66.8 Å². The van der Waals surface area contributed by atoms with Gasteiger partial charge in [0.1, 0.15) is 10.4 Å². The third-order valence-corrected chi connectivity index (χ3v) is 9.83. The molecular formula is C31H37BrN4O3S. The van der Waals surface area contributed by atoms with Crippen molar-refractivity contribution in [3.05, 3.63) is 87.5 Å². The molecule has 1 amide bonds. The SMILES string of the molecule is CC(C)(C)[S+]([O-])N1Cc2cc(C(=O)N[C@H]3CCN(Cc4ccccc4)C3)nc(-c3cccc(Br)c3)c2[C@@H]1CCO. The second-order valence-electron chi connectivity index (χ2n) is 11.6. The lowest BCUT2D eigenvalue weighted by molar-refractivity contribution is 0.0932. The number of hydrogen-bond donors (Lipinski definition) is 2. The maximum atomic E-state index is 13.6. The third-order valence-electron chi connectivity index (χ3n) is 7.48. The van der Waals surface area contributed by atoms with Gasteiger partial charge in [0.25, 0.3) is 5.91 Å². The van der Waals surface area contributed by atoms with E-state index >= 15 is 0 Å². The molecule has 1 saturated heterocycles. The number of aromatic nitrogens is 1. The lowest BCUT2D eigenvalue weighted by atomic mass is 9.96. The van der Waals surface area contributed by atoms with Crippen molar-refractivity contribution in [3.63, 3.8) is 0 Å². The molecule has 1 fully saturated rings. The first-order chi connectivity index (χ1) is 19.1. The lowest BCUT2D eigenvalue weighted by Gasteiger charge is -2.33. The monoisotopic (exact) mass is 624 g/mol. The Morgan fingerprint density at radius 3 is 2.65 bits per heavy atom. The van der Waals surface area contributed by atoms with Gasteiger partial charge >= 0.3 is 0 Å². The van der Waals surface area contributed by atoms with E-state index in [0.29, 0.717) is 24.4 Å². The number of amides is 1. The number of likely N-dealkylation sites (tertiary alicyclic amines) is 1. The van der Waals surface area contributed by atoms with Gasteiger partial charge in [-0.25, -0.2) is 4.98 Å². The molecule has 2 aliphatic heterocycles. The van der Waals surface area contributed by atoms with E-state index < -0.39 is 16.1 Å². The zero-order chi connectivity index (χ0) is 28.4. The molecule has 0 saturated carbocycles. The largest absolute Gasteiger partial charge is 0.597 e. The van der Waals surface area contributed by atoms with Crippen LogP contribution >= 0.6 is 15.9 Å². The molecule has 0 bridgehead atoms. The molecule has 1 unspecified atom stereocenters. The van der Waals surface area contributed by atoms with Gasteiger partial charge in [0.2, 0.25) is 0 Å². The number of carbonyl (C=O) groups excluding carboxylic acids is 1. The molecular weight excluding hydrogens is 588 g/mol. The van der Waals surface area contributed by atoms with Crippen molar-refractivity contribution in [2.75, 3.05) is 19.7 Å². The maximum Gasteiger partial charge on any atom is 0.270 e. The van der Waals surface area contributed by atoms with Crippen LogP contribution in [-0.2, 0) is 24.5 Å². The van der Waals surface area contributed by atoms with Crippen molar-refractivity contribution in [2.24, 2.45) is 0 Å². The number of nitrogens with zero attached hydrogens (tertiary/aromatic N) is 3. The second kappa shape index (κ2) is 12.3. The highest BCUT2D eigenvalue weighted by Crippen LogP contribution is 2.45. The van der Waals surface area contributed by atoms with E-state index in [-0.39, 0.29) is 24.6 Å². The van der Waals surface area contributed by atoms with E-state index in [0.717, 1.165) is 47.2 Å². The first-order valence-electron chi connectivity index (χ1n) is 13.8. The van der Waals surface area contributed by atoms with Crippen LogP contribution in [-0.4, -0.2) is 60.2 Å². The van der Waals surface area contributed by atoms with E-state index in [9.17, 15) is 14.5 Å². The van der Waals surface area contributed by atoms with Gasteiger partial charge in [0.05, 0.1) is 18.3 Å². The normalized spacial score (nSPS) is 20.4. The van der Waals surface area contributed by atoms with Crippen LogP contribution < -0.4 is 5.32 Å². The van der Waals surface area contributed by atoms with Crippen molar-refractivity contribution < 1.29 is 14.5 Å². The number of carbonyl (C=O) groups is 1. The molecule has 5 rings (SSSR count). The summed E-state index contributed by atoms with van der Waals surface area (Å²) in [5.41, 5.74) is 5.08. The number of benzene rings is 2. The maximum absolute atomic E-state index is 13.6. The summed E-state index contributed by atoms with van der Waals surface area (Å²) in [4.78, 5) is 20.9. The van der Waals surface area contributed by atoms with E-state index in [2.05, 4.69) is 50.4 Å². The molecule has 40 heavy (non-hydrogen) atoms. The molecule has 2 aromatic carbocycles. The fourth-order valence-corrected chi connectivity index (χ4v) is 7.44. The molecule has 0 spiro atoms. The third kappa shape index (κ3) is 6.45. The molecule has 1 aromatic heterocycles. The molecule has 3 atom stereocenters. The first kappa shape index (κ1) is 29.2. The van der Waals surface area contributed by atoms with E-state index in [1.807, 2.05) is 61.5 Å². The number of pyridine rings is 1. The van der Waals surface area contributed by atoms with Crippen LogP contribution in [0.2, 0.25) is 0 Å². The molecule has 212 valence electrons. The van der Waals surface area contributed by atoms with Crippen LogP contribution in [0.25, 0.3) is 11.3 Å². The Labute approximate surface area is 248 Å². The highest BCUT2D eigenvalue weighted by Gasteiger charge is 2.45. The molecule has 7 nitrogen and oxygen atoms in total. The topological polar surface area (TPSA) is 91.8 Å². The zero-order valence-electron chi connectivity index (χ0n) is 23.3. The summed E-state index contributed by atoms with van der Waals surface area (Å²) in [6.45, 7) is 8.85. The smallest absolute Gasteiger partial charge is 0.270 e. The van der Waals surface area contributed by atoms with Gasteiger partial charge < -0.3 is 15.0 Å². The van der Waals surface area contributed by atoms with Crippen molar-refractivity contribution in [3.8, 4) is 11.3 Å². The second-order valence-corrected chi connectivity index (χ2v) is 14.7. The standard InChI is InChI=1S/C31H37BrN4O3S/c1-31(2,3)40(39)36-19-23-17-26(30(38)33-25-12-14-35(20-25)18-21-8-5-4-6-9-21)34-29(28(23)27(36)13-15-37)22-10-7-11-24(32)16-22/h4-11,16-17,25,27,37H,12-15,18-20H2,1-3H3,(H,33,38)/t25-,27-,40?/m0/s1. The molecule has 2 aliphatic rings. The van der Waals surface area contributed by atoms with E-state index in [4.69, 9.17) is 4.98 Å². The minimum absolute atomic E-state index is 0.0384. The van der Waals surface area contributed by atoms with E-state index in [1.165, 1.54) is 5.56 Å². The van der Waals surface area contributed by atoms with Gasteiger partial charge in [-0.05, 0) is 62.9 Å². The van der Waals surface area contributed by atoms with Crippen LogP contribution in [0, 0.1) is 0 Å². The van der Waals surface area contributed by atoms with Gasteiger partial charge in [-0.2, -0.15) is 0 Å². The lowest BCUT2D eigenvalue weighted by Crippen LogP contribution is -2.42. The highest BCUT2D eigenvalue weighted by molar-refractivity contribution is 9.10. The fourth-order valence-electron chi connectivity index (χ4n) is 5.64. The first-order valence-corrected chi connectivity index (χ1v) is 15.7. The van der Waals surface area contributed by atoms with Crippen molar-refractivity contribution in [2.45, 2.75) is 63.5 Å². The Kier molecular flexibility index (Phi) is 8.99. The molecule has 3 heterocycles. The molecule has 3 aromatic rings. The Balaban J connectivity index is 1.43. The summed E-state index contributed by atoms with van der Waals surface area (Å²) < 4.78 is 16.0. The fraction of sp³-hybridized carbons (Fsp3) is 0.419. The number of aliphatic hydroxyl groups is 1. The van der Waals surface area contributed by atoms with Crippen LogP contribution in [0.15, 0.2) is 65.1 Å². The van der Waals surface area contributed by atoms with Gasteiger partial charge in [-0.15, -0.1) is 4.31 Å². The Morgan fingerprint density at radius 2 is 1.95 bits per heavy atom. The minimum Gasteiger partial charge on any atom is -0.597 e. The van der Waals surface area contributed by atoms with Crippen molar-refractivity contribution in [1.82, 2.24) is 19.5 Å². The van der Waals surface area contributed by atoms with Crippen LogP contribution in [0.4, 0.5) is 0 Å². The summed E-state index contributed by atoms with van der Waals surface area (Å²) >= 11 is 2.27. The molecule has 0 radical (unpaired) electrons. The molecule has 9 heteroatoms. The average molecular weight is 626 g/mol. The quantitative estimate of drug-likeness (QED) is 0.334. The number of aliphatic hydroxyl groups excluding tert-OH is 1. The van der Waals surface area contributed by atoms with Gasteiger partial charge in [-0.1, -0.05) is 58.4 Å². The van der Waals surface area contributed by atoms with Gasteiger partial charge in [-0.3, -0.25) is 9.69 Å². The summed E-state index contributed by atoms with van der Waals surface area (Å²) in [5, 5.41) is 13.2. The van der Waals surface area contributed by atoms with Gasteiger partial charge in [0.15, 0.2) is 0 Å². The average Bonchev–Trinajstić information content (AvgIpc) is 3.52. The number of nitrogens with one attached hydrogen (secondary N) is 1. The molecule has 2 N–H and O–H groups in total. The zero-order valence-corrected chi connectivity index (χ0v) is 25.7. The minimum atomic E-state index is -1.30. The summed E-state index contributed by atoms with van der Waals surface area (Å²) in [6.07, 6.45) is 1.32. The van der Waals surface area contributed by atoms with E-state index in [1.54, 1.807) is 0 Å². The predicted octanol–water partition coefficient (Wildman–Crippen LogP) is 5.22. The Hall–Kier alpha value is -2.27. The van der Waals surface area contributed by atoms with Crippen molar-refractivity contribution in [1.29, 1.82) is 0 Å².